The average Bonchev–Trinajstić information content (AvgIpc) is 2.39. The van der Waals surface area contributed by atoms with Crippen LogP contribution in [0.25, 0.3) is 0 Å². The highest BCUT2D eigenvalue weighted by molar-refractivity contribution is 6.30. The lowest BCUT2D eigenvalue weighted by Gasteiger charge is -2.06. The number of hydrogen-bond donors (Lipinski definition) is 2. The summed E-state index contributed by atoms with van der Waals surface area (Å²) >= 11 is 5.83. The minimum Gasteiger partial charge on any atom is -0.373 e. The molecule has 0 saturated carbocycles. The van der Waals surface area contributed by atoms with E-state index in [4.69, 9.17) is 11.6 Å². The fourth-order valence-corrected chi connectivity index (χ4v) is 1.60. The van der Waals surface area contributed by atoms with Gasteiger partial charge < -0.3 is 10.6 Å². The molecule has 0 aromatic carbocycles. The van der Waals surface area contributed by atoms with E-state index in [0.717, 1.165) is 0 Å². The molecule has 1 amide bonds. The molecule has 6 heteroatoms. The Kier molecular flexibility index (Phi) is 3.74. The summed E-state index contributed by atoms with van der Waals surface area (Å²) in [7, 11) is 1.71. The van der Waals surface area contributed by atoms with Crippen LogP contribution < -0.4 is 10.6 Å². The standard InChI is InChI=1S/C12H11ClN4O/c1-14-11-6-8(5-10(13)17-11)12(18)16-9-3-2-4-15-7-9/h2-7H,1H3,(H,14,17)(H,16,18). The summed E-state index contributed by atoms with van der Waals surface area (Å²) < 4.78 is 0. The van der Waals surface area contributed by atoms with Gasteiger partial charge in [-0.15, -0.1) is 0 Å². The summed E-state index contributed by atoms with van der Waals surface area (Å²) in [6.07, 6.45) is 3.21. The van der Waals surface area contributed by atoms with Crippen molar-refractivity contribution in [3.8, 4) is 0 Å². The zero-order valence-electron chi connectivity index (χ0n) is 9.64. The van der Waals surface area contributed by atoms with Crippen LogP contribution in [0.3, 0.4) is 0 Å². The zero-order chi connectivity index (χ0) is 13.0. The molecule has 2 rings (SSSR count). The van der Waals surface area contributed by atoms with Crippen LogP contribution in [-0.2, 0) is 0 Å². The van der Waals surface area contributed by atoms with Gasteiger partial charge in [-0.1, -0.05) is 11.6 Å². The quantitative estimate of drug-likeness (QED) is 0.834. The lowest BCUT2D eigenvalue weighted by Crippen LogP contribution is -2.12. The van der Waals surface area contributed by atoms with Crippen LogP contribution in [0.5, 0.6) is 0 Å². The summed E-state index contributed by atoms with van der Waals surface area (Å²) in [5.74, 6) is 0.280. The molecule has 92 valence electrons. The molecule has 0 aliphatic heterocycles. The SMILES string of the molecule is CNc1cc(C(=O)Nc2cccnc2)cc(Cl)n1. The first kappa shape index (κ1) is 12.3. The highest BCUT2D eigenvalue weighted by atomic mass is 35.5. The van der Waals surface area contributed by atoms with Gasteiger partial charge in [0.25, 0.3) is 5.91 Å². The number of carbonyl (C=O) groups excluding carboxylic acids is 1. The van der Waals surface area contributed by atoms with Crippen LogP contribution in [-0.4, -0.2) is 22.9 Å². The molecule has 2 aromatic rings. The molecular formula is C12H11ClN4O. The first-order chi connectivity index (χ1) is 8.69. The van der Waals surface area contributed by atoms with Crippen molar-refractivity contribution >= 4 is 29.0 Å². The van der Waals surface area contributed by atoms with Gasteiger partial charge in [-0.05, 0) is 24.3 Å². The Morgan fingerprint density at radius 1 is 1.39 bits per heavy atom. The van der Waals surface area contributed by atoms with Crippen LogP contribution in [0.15, 0.2) is 36.7 Å². The maximum Gasteiger partial charge on any atom is 0.255 e. The third-order valence-corrected chi connectivity index (χ3v) is 2.43. The van der Waals surface area contributed by atoms with Gasteiger partial charge in [0.1, 0.15) is 11.0 Å². The third-order valence-electron chi connectivity index (χ3n) is 2.23. The fourth-order valence-electron chi connectivity index (χ4n) is 1.40. The lowest BCUT2D eigenvalue weighted by molar-refractivity contribution is 0.102. The number of rotatable bonds is 3. The van der Waals surface area contributed by atoms with Crippen molar-refractivity contribution in [3.05, 3.63) is 47.4 Å². The average molecular weight is 263 g/mol. The van der Waals surface area contributed by atoms with Crippen molar-refractivity contribution in [2.45, 2.75) is 0 Å². The smallest absolute Gasteiger partial charge is 0.255 e. The Morgan fingerprint density at radius 3 is 2.89 bits per heavy atom. The molecule has 0 unspecified atom stereocenters. The number of halogens is 1. The summed E-state index contributed by atoms with van der Waals surface area (Å²) in [4.78, 5) is 19.9. The van der Waals surface area contributed by atoms with Gasteiger partial charge in [0.2, 0.25) is 0 Å². The zero-order valence-corrected chi connectivity index (χ0v) is 10.4. The molecule has 18 heavy (non-hydrogen) atoms. The second-order valence-corrected chi connectivity index (χ2v) is 3.90. The molecule has 2 aromatic heterocycles. The number of nitrogens with zero attached hydrogens (tertiary/aromatic N) is 2. The Labute approximate surface area is 109 Å². The monoisotopic (exact) mass is 262 g/mol. The van der Waals surface area contributed by atoms with Crippen LogP contribution in [0.1, 0.15) is 10.4 Å². The molecule has 0 radical (unpaired) electrons. The van der Waals surface area contributed by atoms with Crippen molar-refractivity contribution in [1.82, 2.24) is 9.97 Å². The Balaban J connectivity index is 2.21. The lowest BCUT2D eigenvalue weighted by atomic mass is 10.2. The van der Waals surface area contributed by atoms with E-state index in [1.54, 1.807) is 37.6 Å². The van der Waals surface area contributed by atoms with Crippen molar-refractivity contribution in [2.75, 3.05) is 17.7 Å². The molecule has 0 bridgehead atoms. The van der Waals surface area contributed by atoms with E-state index < -0.39 is 0 Å². The van der Waals surface area contributed by atoms with Crippen LogP contribution in [0, 0.1) is 0 Å². The number of nitrogens with one attached hydrogen (secondary N) is 2. The normalized spacial score (nSPS) is 9.89. The first-order valence-electron chi connectivity index (χ1n) is 5.26. The van der Waals surface area contributed by atoms with Gasteiger partial charge in [0.15, 0.2) is 0 Å². The molecule has 2 N–H and O–H groups in total. The number of pyridine rings is 2. The molecule has 0 saturated heterocycles. The maximum absolute atomic E-state index is 12.0. The predicted molar refractivity (Wildman–Crippen MR) is 71.0 cm³/mol. The van der Waals surface area contributed by atoms with Crippen molar-refractivity contribution in [2.24, 2.45) is 0 Å². The van der Waals surface area contributed by atoms with E-state index in [0.29, 0.717) is 17.1 Å². The molecule has 5 nitrogen and oxygen atoms in total. The van der Waals surface area contributed by atoms with Gasteiger partial charge in [0, 0.05) is 18.8 Å². The largest absolute Gasteiger partial charge is 0.373 e. The predicted octanol–water partition coefficient (Wildman–Crippen LogP) is 2.42. The molecule has 0 atom stereocenters. The summed E-state index contributed by atoms with van der Waals surface area (Å²) in [6.45, 7) is 0. The number of hydrogen-bond acceptors (Lipinski definition) is 4. The van der Waals surface area contributed by atoms with E-state index in [1.165, 1.54) is 6.07 Å². The molecule has 2 heterocycles. The minimum atomic E-state index is -0.260. The van der Waals surface area contributed by atoms with Gasteiger partial charge in [-0.25, -0.2) is 4.98 Å². The summed E-state index contributed by atoms with van der Waals surface area (Å²) in [6, 6.07) is 6.63. The summed E-state index contributed by atoms with van der Waals surface area (Å²) in [5.41, 5.74) is 1.06. The third kappa shape index (κ3) is 2.95. The highest BCUT2D eigenvalue weighted by Crippen LogP contribution is 2.15. The van der Waals surface area contributed by atoms with Crippen LogP contribution >= 0.6 is 11.6 Å². The Hall–Kier alpha value is -2.14. The van der Waals surface area contributed by atoms with E-state index >= 15 is 0 Å². The number of aromatic nitrogens is 2. The second kappa shape index (κ2) is 5.46. The van der Waals surface area contributed by atoms with E-state index in [2.05, 4.69) is 20.6 Å². The van der Waals surface area contributed by atoms with Crippen molar-refractivity contribution < 1.29 is 4.79 Å². The van der Waals surface area contributed by atoms with E-state index in [9.17, 15) is 4.79 Å². The van der Waals surface area contributed by atoms with E-state index in [-0.39, 0.29) is 11.1 Å². The number of anilines is 2. The van der Waals surface area contributed by atoms with Crippen LogP contribution in [0.2, 0.25) is 5.15 Å². The molecule has 0 aliphatic carbocycles. The van der Waals surface area contributed by atoms with E-state index in [1.807, 2.05) is 0 Å². The van der Waals surface area contributed by atoms with Crippen LogP contribution in [0.4, 0.5) is 11.5 Å². The van der Waals surface area contributed by atoms with Gasteiger partial charge in [-0.3, -0.25) is 9.78 Å². The fraction of sp³-hybridized carbons (Fsp3) is 0.0833. The Morgan fingerprint density at radius 2 is 2.22 bits per heavy atom. The molecule has 0 aliphatic rings. The Bertz CT molecular complexity index is 559. The maximum atomic E-state index is 12.0. The highest BCUT2D eigenvalue weighted by Gasteiger charge is 2.09. The van der Waals surface area contributed by atoms with Gasteiger partial charge in [-0.2, -0.15) is 0 Å². The topological polar surface area (TPSA) is 66.9 Å². The molecule has 0 fully saturated rings. The first-order valence-corrected chi connectivity index (χ1v) is 5.63. The second-order valence-electron chi connectivity index (χ2n) is 3.51. The number of amides is 1. The van der Waals surface area contributed by atoms with Crippen molar-refractivity contribution in [3.63, 3.8) is 0 Å². The van der Waals surface area contributed by atoms with Gasteiger partial charge >= 0.3 is 0 Å². The number of carbonyl (C=O) groups is 1. The summed E-state index contributed by atoms with van der Waals surface area (Å²) in [5, 5.41) is 5.82. The molecular weight excluding hydrogens is 252 g/mol. The van der Waals surface area contributed by atoms with Gasteiger partial charge in [0.05, 0.1) is 11.9 Å². The minimum absolute atomic E-state index is 0.260. The van der Waals surface area contributed by atoms with Crippen molar-refractivity contribution in [1.29, 1.82) is 0 Å². The molecule has 0 spiro atoms.